The zero-order valence-corrected chi connectivity index (χ0v) is 43.8. The number of allylic oxidation sites excluding steroid dienone is 4. The highest BCUT2D eigenvalue weighted by atomic mass is 79.9. The Balaban J connectivity index is 0.820. The molecule has 0 radical (unpaired) electrons. The summed E-state index contributed by atoms with van der Waals surface area (Å²) in [5, 5.41) is 24.5. The lowest BCUT2D eigenvalue weighted by Crippen LogP contribution is -2.63. The minimum absolute atomic E-state index is 0.0135. The Hall–Kier alpha value is -5.68. The number of carbonyl (C=O) groups excluding carboxylic acids is 7. The summed E-state index contributed by atoms with van der Waals surface area (Å²) in [5.74, 6) is -3.53. The number of halogens is 1. The smallest absolute Gasteiger partial charge is 0.469 e. The van der Waals surface area contributed by atoms with Gasteiger partial charge in [-0.15, -0.1) is 0 Å². The van der Waals surface area contributed by atoms with E-state index in [1.165, 1.54) is 6.26 Å². The number of nitrogens with one attached hydrogen (secondary N) is 5. The topological polar surface area (TPSA) is 307 Å². The molecule has 4 aliphatic carbocycles. The molecular weight excluding hydrogens is 1060 g/mol. The average molecular weight is 1120 g/mol. The van der Waals surface area contributed by atoms with Crippen LogP contribution in [0.5, 0.6) is 0 Å². The fraction of sp³-hybridized carbons (Fsp3) is 0.481. The van der Waals surface area contributed by atoms with E-state index < -0.39 is 104 Å². The van der Waals surface area contributed by atoms with Crippen LogP contribution in [0.15, 0.2) is 95.1 Å². The van der Waals surface area contributed by atoms with Crippen LogP contribution in [0.4, 0.5) is 0 Å². The van der Waals surface area contributed by atoms with Gasteiger partial charge in [-0.3, -0.25) is 38.1 Å². The molecular formula is C52H61BrN5O16P. The first kappa shape index (κ1) is 55.5. The summed E-state index contributed by atoms with van der Waals surface area (Å²) in [5.41, 5.74) is 0.590. The quantitative estimate of drug-likeness (QED) is 0.0310. The van der Waals surface area contributed by atoms with Crippen molar-refractivity contribution < 1.29 is 76.2 Å². The molecule has 75 heavy (non-hydrogen) atoms. The lowest BCUT2D eigenvalue weighted by atomic mass is 9.46. The number of ether oxygens (including phenoxy) is 3. The van der Waals surface area contributed by atoms with Crippen LogP contribution in [0.1, 0.15) is 73.8 Å². The zero-order valence-electron chi connectivity index (χ0n) is 41.3. The van der Waals surface area contributed by atoms with Crippen LogP contribution in [-0.2, 0) is 76.3 Å². The van der Waals surface area contributed by atoms with Gasteiger partial charge in [0.05, 0.1) is 50.0 Å². The first-order valence-corrected chi connectivity index (χ1v) is 27.3. The highest BCUT2D eigenvalue weighted by Gasteiger charge is 2.76. The van der Waals surface area contributed by atoms with Gasteiger partial charge in [0.1, 0.15) is 25.1 Å². The summed E-state index contributed by atoms with van der Waals surface area (Å²) in [6.07, 6.45) is 6.09. The van der Waals surface area contributed by atoms with Crippen molar-refractivity contribution in [2.24, 2.45) is 28.6 Å². The summed E-state index contributed by atoms with van der Waals surface area (Å²) < 4.78 is 41.5. The molecule has 4 fully saturated rings. The van der Waals surface area contributed by atoms with Gasteiger partial charge in [-0.25, -0.2) is 4.57 Å². The van der Waals surface area contributed by atoms with Crippen molar-refractivity contribution in [1.29, 1.82) is 0 Å². The maximum absolute atomic E-state index is 14.4. The van der Waals surface area contributed by atoms with E-state index >= 15 is 0 Å². The number of carbonyl (C=O) groups is 7. The first-order chi connectivity index (χ1) is 35.7. The van der Waals surface area contributed by atoms with Crippen LogP contribution >= 0.6 is 23.8 Å². The Morgan fingerprint density at radius 1 is 0.893 bits per heavy atom. The number of fused-ring (bicyclic) bond motifs is 7. The number of aliphatic hydroxyl groups excluding tert-OH is 1. The summed E-state index contributed by atoms with van der Waals surface area (Å²) in [6, 6.07) is 17.1. The second kappa shape index (κ2) is 23.3. The highest BCUT2D eigenvalue weighted by molar-refractivity contribution is 9.09. The molecule has 1 aliphatic heterocycles. The molecule has 10 atom stereocenters. The molecule has 23 heteroatoms. The molecule has 0 spiro atoms. The molecule has 1 saturated heterocycles. The number of Topliss-reactive ketones (excluding diaryl/α,β-unsaturated/α-hetero) is 1. The number of hydrogen-bond donors (Lipinski definition) is 8. The molecule has 0 unspecified atom stereocenters. The van der Waals surface area contributed by atoms with Gasteiger partial charge in [-0.2, -0.15) is 0 Å². The number of phosphoric acid groups is 1. The number of benzene rings is 2. The average Bonchev–Trinajstić information content (AvgIpc) is 4.10. The third-order valence-corrected chi connectivity index (χ3v) is 16.3. The summed E-state index contributed by atoms with van der Waals surface area (Å²) in [7, 11) is -5.05. The van der Waals surface area contributed by atoms with E-state index in [1.807, 2.05) is 44.2 Å². The van der Waals surface area contributed by atoms with Crippen molar-refractivity contribution in [3.05, 3.63) is 119 Å². The van der Waals surface area contributed by atoms with E-state index in [2.05, 4.69) is 42.5 Å². The van der Waals surface area contributed by atoms with Crippen LogP contribution in [-0.4, -0.2) is 118 Å². The molecule has 2 aromatic carbocycles. The number of ketones is 2. The van der Waals surface area contributed by atoms with E-state index in [4.69, 9.17) is 23.2 Å². The van der Waals surface area contributed by atoms with Crippen LogP contribution in [0.25, 0.3) is 0 Å². The maximum atomic E-state index is 14.4. The van der Waals surface area contributed by atoms with Crippen molar-refractivity contribution in [3.8, 4) is 0 Å². The number of hydrogen-bond acceptors (Lipinski definition) is 14. The third kappa shape index (κ3) is 12.5. The molecule has 2 heterocycles. The second-order valence-corrected chi connectivity index (χ2v) is 21.9. The summed E-state index contributed by atoms with van der Waals surface area (Å²) >= 11 is 2.98. The fourth-order valence-corrected chi connectivity index (χ4v) is 12.4. The van der Waals surface area contributed by atoms with E-state index in [0.29, 0.717) is 37.0 Å². The Bertz CT molecular complexity index is 2770. The molecule has 402 valence electrons. The predicted molar refractivity (Wildman–Crippen MR) is 268 cm³/mol. The minimum atomic E-state index is -5.05. The van der Waals surface area contributed by atoms with Crippen molar-refractivity contribution in [1.82, 2.24) is 26.6 Å². The number of alkyl halides is 1. The van der Waals surface area contributed by atoms with Gasteiger partial charge in [0.25, 0.3) is 0 Å². The number of aliphatic hydroxyl groups is 1. The molecule has 1 aromatic heterocycles. The Morgan fingerprint density at radius 3 is 2.32 bits per heavy atom. The first-order valence-electron chi connectivity index (χ1n) is 24.6. The van der Waals surface area contributed by atoms with Gasteiger partial charge in [-0.05, 0) is 72.4 Å². The van der Waals surface area contributed by atoms with Crippen LogP contribution in [0.2, 0.25) is 0 Å². The SMILES string of the molecule is C[C@]12C=CC(=O)C=C1CC[C@@H]1[C@@H]2[C@@H](O)C[C@@]2(C)[C@H]1C[C@H]1O[C@@H](c3coc(Cc4ccc(COCNC(=O)CNC(=O)[C@H](Cc5ccccc5)NC(=O)CNC(=O)CNC(=O)CBr)cc4)c3)O[C@]12C(=O)COP(=O)(O)O. The molecule has 5 aliphatic rings. The van der Waals surface area contributed by atoms with Crippen molar-refractivity contribution in [2.75, 3.05) is 38.3 Å². The van der Waals surface area contributed by atoms with Gasteiger partial charge in [0.15, 0.2) is 23.5 Å². The van der Waals surface area contributed by atoms with Crippen molar-refractivity contribution in [2.45, 2.75) is 89.1 Å². The minimum Gasteiger partial charge on any atom is -0.469 e. The van der Waals surface area contributed by atoms with Crippen molar-refractivity contribution in [3.63, 3.8) is 0 Å². The molecule has 3 aromatic rings. The van der Waals surface area contributed by atoms with Gasteiger partial charge < -0.3 is 60.1 Å². The lowest BCUT2D eigenvalue weighted by molar-refractivity contribution is -0.201. The monoisotopic (exact) mass is 1120 g/mol. The molecule has 3 saturated carbocycles. The summed E-state index contributed by atoms with van der Waals surface area (Å²) in [6.45, 7) is 1.81. The van der Waals surface area contributed by atoms with Gasteiger partial charge in [0, 0.05) is 35.2 Å². The Kier molecular flexibility index (Phi) is 17.2. The van der Waals surface area contributed by atoms with Crippen molar-refractivity contribution >= 4 is 64.9 Å². The number of furan rings is 1. The molecule has 8 N–H and O–H groups in total. The van der Waals surface area contributed by atoms with E-state index in [9.17, 15) is 53.0 Å². The standard InChI is InChI=1S/C52H61BrN5O16P/c1-50-15-14-35(59)19-34(50)12-13-37-38-20-42-52(41(61)28-72-75(67,68)69,51(38,2)21-40(60)47(37)50)74-49(73-42)33-18-36(71-27-33)16-31-8-10-32(11-9-31)26-70-29-57-45(64)24-56-48(66)39(17-30-6-4-3-5-7-30)58-46(65)25-55-44(63)23-54-43(62)22-53/h3-11,14-15,18-19,27,37-40,42,47,49,60H,12-13,16-17,20-26,28-29H2,1-2H3,(H,54,62)(H,55,63)(H,56,66)(H,57,64)(H,58,65)(H2,67,68,69)/t37-,38-,39-,40-,42+,47+,49+,50-,51-,52+/m0/s1. The zero-order chi connectivity index (χ0) is 53.7. The number of amides is 5. The Morgan fingerprint density at radius 2 is 1.59 bits per heavy atom. The lowest BCUT2D eigenvalue weighted by Gasteiger charge is -2.59. The van der Waals surface area contributed by atoms with Gasteiger partial charge in [0.2, 0.25) is 29.5 Å². The molecule has 5 amide bonds. The van der Waals surface area contributed by atoms with Crippen LogP contribution < -0.4 is 26.6 Å². The predicted octanol–water partition coefficient (Wildman–Crippen LogP) is 2.65. The summed E-state index contributed by atoms with van der Waals surface area (Å²) in [4.78, 5) is 108. The fourth-order valence-electron chi connectivity index (χ4n) is 12.0. The second-order valence-electron chi connectivity index (χ2n) is 20.1. The molecule has 8 rings (SSSR count). The van der Waals surface area contributed by atoms with E-state index in [-0.39, 0.29) is 61.6 Å². The largest absolute Gasteiger partial charge is 0.470 e. The van der Waals surface area contributed by atoms with Crippen LogP contribution in [0, 0.1) is 28.6 Å². The van der Waals surface area contributed by atoms with E-state index in [0.717, 1.165) is 22.3 Å². The highest BCUT2D eigenvalue weighted by Crippen LogP contribution is 2.70. The van der Waals surface area contributed by atoms with Gasteiger partial charge in [-0.1, -0.05) is 96.0 Å². The Labute approximate surface area is 440 Å². The van der Waals surface area contributed by atoms with Gasteiger partial charge >= 0.3 is 7.82 Å². The van der Waals surface area contributed by atoms with E-state index in [1.54, 1.807) is 48.6 Å². The number of rotatable bonds is 22. The van der Waals surface area contributed by atoms with Crippen LogP contribution in [0.3, 0.4) is 0 Å². The maximum Gasteiger partial charge on any atom is 0.470 e. The normalized spacial score (nSPS) is 27.9. The third-order valence-electron chi connectivity index (χ3n) is 15.4. The molecule has 0 bridgehead atoms. The number of phosphoric ester groups is 1. The molecule has 21 nitrogen and oxygen atoms in total.